The number of aromatic nitrogens is 4. The van der Waals surface area contributed by atoms with Crippen LogP contribution in [0.4, 0.5) is 4.79 Å². The van der Waals surface area contributed by atoms with Crippen molar-refractivity contribution in [3.63, 3.8) is 0 Å². The molecule has 1 aliphatic carbocycles. The zero-order valence-corrected chi connectivity index (χ0v) is 16.0. The van der Waals surface area contributed by atoms with E-state index in [1.165, 1.54) is 25.7 Å². The SMILES string of the molecule is CSc1nnc(CCCNC(=O)NCc2cccnc2)n1C1CCCC1. The minimum atomic E-state index is -0.157. The van der Waals surface area contributed by atoms with Crippen molar-refractivity contribution >= 4 is 17.8 Å². The number of aryl methyl sites for hydroxylation is 1. The minimum absolute atomic E-state index is 0.157. The summed E-state index contributed by atoms with van der Waals surface area (Å²) in [5.74, 6) is 1.04. The van der Waals surface area contributed by atoms with Crippen LogP contribution in [-0.2, 0) is 13.0 Å². The van der Waals surface area contributed by atoms with E-state index in [9.17, 15) is 4.79 Å². The Morgan fingerprint density at radius 2 is 2.15 bits per heavy atom. The average molecular weight is 375 g/mol. The predicted octanol–water partition coefficient (Wildman–Crippen LogP) is 2.94. The lowest BCUT2D eigenvalue weighted by molar-refractivity contribution is 0.240. The number of nitrogens with one attached hydrogen (secondary N) is 2. The van der Waals surface area contributed by atoms with E-state index in [4.69, 9.17) is 0 Å². The highest BCUT2D eigenvalue weighted by molar-refractivity contribution is 7.98. The van der Waals surface area contributed by atoms with Gasteiger partial charge in [-0.15, -0.1) is 10.2 Å². The van der Waals surface area contributed by atoms with E-state index in [1.54, 1.807) is 24.2 Å². The highest BCUT2D eigenvalue weighted by Crippen LogP contribution is 2.33. The summed E-state index contributed by atoms with van der Waals surface area (Å²) < 4.78 is 2.32. The number of carbonyl (C=O) groups is 1. The first-order valence-electron chi connectivity index (χ1n) is 9.16. The van der Waals surface area contributed by atoms with Crippen molar-refractivity contribution in [2.75, 3.05) is 12.8 Å². The van der Waals surface area contributed by atoms with Crippen LogP contribution in [0.2, 0.25) is 0 Å². The Bertz CT molecular complexity index is 699. The monoisotopic (exact) mass is 374 g/mol. The molecule has 2 amide bonds. The second kappa shape index (κ2) is 9.56. The second-order valence-electron chi connectivity index (χ2n) is 6.49. The zero-order valence-electron chi connectivity index (χ0n) is 15.1. The summed E-state index contributed by atoms with van der Waals surface area (Å²) in [5.41, 5.74) is 0.983. The molecule has 1 saturated carbocycles. The molecule has 8 heteroatoms. The molecule has 1 fully saturated rings. The van der Waals surface area contributed by atoms with Gasteiger partial charge in [0.15, 0.2) is 5.16 Å². The number of urea groups is 1. The summed E-state index contributed by atoms with van der Waals surface area (Å²) >= 11 is 1.66. The lowest BCUT2D eigenvalue weighted by Gasteiger charge is -2.16. The highest BCUT2D eigenvalue weighted by atomic mass is 32.2. The van der Waals surface area contributed by atoms with Gasteiger partial charge in [0.2, 0.25) is 0 Å². The van der Waals surface area contributed by atoms with Crippen molar-refractivity contribution in [2.45, 2.75) is 56.3 Å². The largest absolute Gasteiger partial charge is 0.338 e. The molecule has 0 spiro atoms. The maximum atomic E-state index is 11.9. The van der Waals surface area contributed by atoms with Crippen LogP contribution in [0.1, 0.15) is 49.5 Å². The van der Waals surface area contributed by atoms with Crippen molar-refractivity contribution in [3.05, 3.63) is 35.9 Å². The normalized spacial score (nSPS) is 14.5. The summed E-state index contributed by atoms with van der Waals surface area (Å²) in [4.78, 5) is 15.9. The van der Waals surface area contributed by atoms with Crippen molar-refractivity contribution in [3.8, 4) is 0 Å². The molecule has 1 aliphatic rings. The molecule has 2 N–H and O–H groups in total. The van der Waals surface area contributed by atoms with Crippen LogP contribution in [0.3, 0.4) is 0 Å². The van der Waals surface area contributed by atoms with Crippen molar-refractivity contribution < 1.29 is 4.79 Å². The van der Waals surface area contributed by atoms with Gasteiger partial charge in [0.05, 0.1) is 0 Å². The van der Waals surface area contributed by atoms with Crippen molar-refractivity contribution in [2.24, 2.45) is 0 Å². The van der Waals surface area contributed by atoms with Crippen LogP contribution in [0, 0.1) is 0 Å². The number of carbonyl (C=O) groups excluding carboxylic acids is 1. The molecule has 140 valence electrons. The highest BCUT2D eigenvalue weighted by Gasteiger charge is 2.23. The summed E-state index contributed by atoms with van der Waals surface area (Å²) in [6, 6.07) is 4.18. The first-order chi connectivity index (χ1) is 12.8. The predicted molar refractivity (Wildman–Crippen MR) is 102 cm³/mol. The van der Waals surface area contributed by atoms with Crippen LogP contribution in [0.5, 0.6) is 0 Å². The Balaban J connectivity index is 1.42. The third-order valence-corrected chi connectivity index (χ3v) is 5.29. The molecule has 0 atom stereocenters. The van der Waals surface area contributed by atoms with Gasteiger partial charge in [-0.2, -0.15) is 0 Å². The first kappa shape index (κ1) is 18.7. The fourth-order valence-corrected chi connectivity index (χ4v) is 3.92. The molecule has 0 radical (unpaired) electrons. The minimum Gasteiger partial charge on any atom is -0.338 e. The Hall–Kier alpha value is -2.09. The Morgan fingerprint density at radius 1 is 1.31 bits per heavy atom. The van der Waals surface area contributed by atoms with E-state index in [0.717, 1.165) is 29.4 Å². The van der Waals surface area contributed by atoms with Gasteiger partial charge in [-0.25, -0.2) is 4.79 Å². The molecule has 2 heterocycles. The molecule has 0 unspecified atom stereocenters. The number of amides is 2. The molecule has 2 aromatic rings. The number of hydrogen-bond acceptors (Lipinski definition) is 5. The molecule has 0 bridgehead atoms. The van der Waals surface area contributed by atoms with Crippen LogP contribution >= 0.6 is 11.8 Å². The quantitative estimate of drug-likeness (QED) is 0.548. The van der Waals surface area contributed by atoms with E-state index in [-0.39, 0.29) is 6.03 Å². The van der Waals surface area contributed by atoms with E-state index in [0.29, 0.717) is 19.1 Å². The van der Waals surface area contributed by atoms with Gasteiger partial charge in [0.1, 0.15) is 5.82 Å². The molecule has 26 heavy (non-hydrogen) atoms. The van der Waals surface area contributed by atoms with Gasteiger partial charge < -0.3 is 15.2 Å². The number of hydrogen-bond donors (Lipinski definition) is 2. The molecule has 7 nitrogen and oxygen atoms in total. The lowest BCUT2D eigenvalue weighted by atomic mass is 10.2. The summed E-state index contributed by atoms with van der Waals surface area (Å²) in [6.07, 6.45) is 12.2. The second-order valence-corrected chi connectivity index (χ2v) is 7.26. The van der Waals surface area contributed by atoms with E-state index in [1.807, 2.05) is 18.4 Å². The van der Waals surface area contributed by atoms with E-state index in [2.05, 4.69) is 30.4 Å². The van der Waals surface area contributed by atoms with Gasteiger partial charge in [0, 0.05) is 37.9 Å². The number of nitrogens with zero attached hydrogens (tertiary/aromatic N) is 4. The first-order valence-corrected chi connectivity index (χ1v) is 10.4. The molecular formula is C18H26N6OS. The summed E-state index contributed by atoms with van der Waals surface area (Å²) in [7, 11) is 0. The van der Waals surface area contributed by atoms with Gasteiger partial charge in [-0.05, 0) is 37.1 Å². The maximum Gasteiger partial charge on any atom is 0.315 e. The van der Waals surface area contributed by atoms with Crippen molar-refractivity contribution in [1.82, 2.24) is 30.4 Å². The molecular weight excluding hydrogens is 348 g/mol. The maximum absolute atomic E-state index is 11.9. The molecule has 0 aliphatic heterocycles. The van der Waals surface area contributed by atoms with Crippen LogP contribution in [-0.4, -0.2) is 38.6 Å². The number of thioether (sulfide) groups is 1. The zero-order chi connectivity index (χ0) is 18.2. The molecule has 0 saturated heterocycles. The standard InChI is InChI=1S/C18H26N6OS/c1-26-18-23-22-16(24(18)15-7-2-3-8-15)9-5-11-20-17(25)21-13-14-6-4-10-19-12-14/h4,6,10,12,15H,2-3,5,7-9,11,13H2,1H3,(H2,20,21,25). The summed E-state index contributed by atoms with van der Waals surface area (Å²) in [5, 5.41) is 15.5. The van der Waals surface area contributed by atoms with Gasteiger partial charge >= 0.3 is 6.03 Å². The molecule has 3 rings (SSSR count). The van der Waals surface area contributed by atoms with Crippen LogP contribution in [0.25, 0.3) is 0 Å². The number of pyridine rings is 1. The third kappa shape index (κ3) is 4.97. The topological polar surface area (TPSA) is 84.7 Å². The number of rotatable bonds is 8. The van der Waals surface area contributed by atoms with Crippen LogP contribution in [0.15, 0.2) is 29.7 Å². The third-order valence-electron chi connectivity index (χ3n) is 4.65. The smallest absolute Gasteiger partial charge is 0.315 e. The Morgan fingerprint density at radius 3 is 2.88 bits per heavy atom. The summed E-state index contributed by atoms with van der Waals surface area (Å²) in [6.45, 7) is 1.10. The molecule has 0 aromatic carbocycles. The fraction of sp³-hybridized carbons (Fsp3) is 0.556. The Labute approximate surface area is 158 Å². The van der Waals surface area contributed by atoms with E-state index < -0.39 is 0 Å². The van der Waals surface area contributed by atoms with Crippen LogP contribution < -0.4 is 10.6 Å². The fourth-order valence-electron chi connectivity index (χ4n) is 3.34. The molecule has 2 aromatic heterocycles. The van der Waals surface area contributed by atoms with E-state index >= 15 is 0 Å². The Kier molecular flexibility index (Phi) is 6.88. The average Bonchev–Trinajstić information content (AvgIpc) is 3.33. The van der Waals surface area contributed by atoms with Gasteiger partial charge in [-0.1, -0.05) is 30.7 Å². The lowest BCUT2D eigenvalue weighted by Crippen LogP contribution is -2.35. The van der Waals surface area contributed by atoms with Gasteiger partial charge in [0.25, 0.3) is 0 Å². The van der Waals surface area contributed by atoms with Crippen molar-refractivity contribution in [1.29, 1.82) is 0 Å². The van der Waals surface area contributed by atoms with Gasteiger partial charge in [-0.3, -0.25) is 4.98 Å².